The van der Waals surface area contributed by atoms with Crippen molar-refractivity contribution in [2.75, 3.05) is 26.3 Å². The van der Waals surface area contributed by atoms with Gasteiger partial charge in [-0.3, -0.25) is 9.69 Å². The zero-order valence-electron chi connectivity index (χ0n) is 10.9. The Kier molecular flexibility index (Phi) is 3.53. The van der Waals surface area contributed by atoms with Gasteiger partial charge in [0.25, 0.3) is 0 Å². The Morgan fingerprint density at radius 3 is 2.42 bits per heavy atom. The molecule has 1 aromatic carbocycles. The highest BCUT2D eigenvalue weighted by atomic mass is 16.5. The number of piperidine rings is 1. The first-order valence-corrected chi connectivity index (χ1v) is 6.81. The summed E-state index contributed by atoms with van der Waals surface area (Å²) in [5.41, 5.74) is 1.29. The van der Waals surface area contributed by atoms with E-state index >= 15 is 0 Å². The van der Waals surface area contributed by atoms with Gasteiger partial charge in [0.05, 0.1) is 19.1 Å². The van der Waals surface area contributed by atoms with Crippen LogP contribution in [-0.4, -0.2) is 42.3 Å². The van der Waals surface area contributed by atoms with Gasteiger partial charge < -0.3 is 9.84 Å². The van der Waals surface area contributed by atoms with E-state index in [1.807, 2.05) is 18.2 Å². The molecular weight excluding hydrogens is 242 g/mol. The van der Waals surface area contributed by atoms with E-state index in [1.54, 1.807) is 0 Å². The fraction of sp³-hybridized carbons (Fsp3) is 0.533. The van der Waals surface area contributed by atoms with E-state index in [-0.39, 0.29) is 17.8 Å². The van der Waals surface area contributed by atoms with Gasteiger partial charge >= 0.3 is 5.97 Å². The molecule has 2 fully saturated rings. The Balaban J connectivity index is 1.69. The van der Waals surface area contributed by atoms with Crippen LogP contribution < -0.4 is 0 Å². The molecule has 102 valence electrons. The number of rotatable bonds is 3. The largest absolute Gasteiger partial charge is 0.481 e. The van der Waals surface area contributed by atoms with Crippen LogP contribution in [0, 0.1) is 17.8 Å². The number of benzene rings is 1. The molecule has 0 aliphatic carbocycles. The van der Waals surface area contributed by atoms with E-state index in [0.29, 0.717) is 13.2 Å². The maximum absolute atomic E-state index is 11.4. The maximum Gasteiger partial charge on any atom is 0.307 e. The Hall–Kier alpha value is -1.39. The molecule has 2 bridgehead atoms. The number of carboxylic acid groups (broad SMARTS) is 1. The number of aliphatic carboxylic acids is 1. The summed E-state index contributed by atoms with van der Waals surface area (Å²) in [7, 11) is 0. The number of hydrogen-bond acceptors (Lipinski definition) is 3. The van der Waals surface area contributed by atoms with Crippen LogP contribution in [0.3, 0.4) is 0 Å². The minimum Gasteiger partial charge on any atom is -0.481 e. The second kappa shape index (κ2) is 5.31. The van der Waals surface area contributed by atoms with Crippen LogP contribution in [0.25, 0.3) is 0 Å². The van der Waals surface area contributed by atoms with Crippen molar-refractivity contribution < 1.29 is 14.6 Å². The molecule has 3 rings (SSSR count). The zero-order valence-corrected chi connectivity index (χ0v) is 10.9. The number of hydrogen-bond donors (Lipinski definition) is 1. The molecule has 1 aromatic rings. The summed E-state index contributed by atoms with van der Waals surface area (Å²) in [5.74, 6) is -0.610. The molecule has 4 nitrogen and oxygen atoms in total. The first-order chi connectivity index (χ1) is 9.24. The average molecular weight is 261 g/mol. The van der Waals surface area contributed by atoms with Gasteiger partial charge in [0.15, 0.2) is 0 Å². The van der Waals surface area contributed by atoms with E-state index < -0.39 is 5.97 Å². The van der Waals surface area contributed by atoms with Crippen molar-refractivity contribution in [2.45, 2.75) is 6.54 Å². The van der Waals surface area contributed by atoms with Gasteiger partial charge in [0.1, 0.15) is 0 Å². The highest BCUT2D eigenvalue weighted by Gasteiger charge is 2.44. The van der Waals surface area contributed by atoms with Crippen molar-refractivity contribution in [1.29, 1.82) is 0 Å². The molecule has 0 saturated carbocycles. The average Bonchev–Trinajstić information content (AvgIpc) is 2.38. The lowest BCUT2D eigenvalue weighted by Gasteiger charge is -2.45. The van der Waals surface area contributed by atoms with Gasteiger partial charge in [-0.25, -0.2) is 0 Å². The fourth-order valence-corrected chi connectivity index (χ4v) is 3.41. The lowest BCUT2D eigenvalue weighted by atomic mass is 9.76. The Morgan fingerprint density at radius 1 is 1.21 bits per heavy atom. The van der Waals surface area contributed by atoms with E-state index in [2.05, 4.69) is 17.0 Å². The van der Waals surface area contributed by atoms with Crippen LogP contribution in [0.2, 0.25) is 0 Å². The summed E-state index contributed by atoms with van der Waals surface area (Å²) in [6.07, 6.45) is 0. The smallest absolute Gasteiger partial charge is 0.307 e. The molecule has 0 aromatic heterocycles. The number of nitrogens with zero attached hydrogens (tertiary/aromatic N) is 1. The minimum atomic E-state index is -0.655. The molecular formula is C15H19NO3. The normalized spacial score (nSPS) is 31.1. The predicted molar refractivity (Wildman–Crippen MR) is 70.6 cm³/mol. The number of likely N-dealkylation sites (tertiary alicyclic amines) is 1. The predicted octanol–water partition coefficient (Wildman–Crippen LogP) is 1.47. The molecule has 2 aliphatic heterocycles. The Bertz CT molecular complexity index is 434. The topological polar surface area (TPSA) is 49.8 Å². The lowest BCUT2D eigenvalue weighted by molar-refractivity contribution is -0.160. The van der Waals surface area contributed by atoms with Crippen molar-refractivity contribution in [1.82, 2.24) is 4.90 Å². The molecule has 2 saturated heterocycles. The SMILES string of the molecule is O=C(O)C1[C@@H]2COC[C@@H]1CN(Cc1ccccc1)C2. The van der Waals surface area contributed by atoms with Crippen LogP contribution in [0.4, 0.5) is 0 Å². The van der Waals surface area contributed by atoms with Crippen molar-refractivity contribution in [3.63, 3.8) is 0 Å². The molecule has 19 heavy (non-hydrogen) atoms. The number of fused-ring (bicyclic) bond motifs is 2. The van der Waals surface area contributed by atoms with Gasteiger partial charge in [0.2, 0.25) is 0 Å². The first-order valence-electron chi connectivity index (χ1n) is 6.81. The molecule has 2 aliphatic rings. The number of carbonyl (C=O) groups is 1. The van der Waals surface area contributed by atoms with Crippen LogP contribution in [0.5, 0.6) is 0 Å². The summed E-state index contributed by atoms with van der Waals surface area (Å²) in [6, 6.07) is 10.3. The van der Waals surface area contributed by atoms with Gasteiger partial charge in [-0.1, -0.05) is 30.3 Å². The van der Waals surface area contributed by atoms with E-state index in [1.165, 1.54) is 5.56 Å². The lowest BCUT2D eigenvalue weighted by Crippen LogP contribution is -2.54. The molecule has 1 N–H and O–H groups in total. The molecule has 0 amide bonds. The Morgan fingerprint density at radius 2 is 1.84 bits per heavy atom. The Labute approximate surface area is 113 Å². The van der Waals surface area contributed by atoms with Gasteiger partial charge in [-0.2, -0.15) is 0 Å². The van der Waals surface area contributed by atoms with Crippen LogP contribution >= 0.6 is 0 Å². The maximum atomic E-state index is 11.4. The fourth-order valence-electron chi connectivity index (χ4n) is 3.41. The van der Waals surface area contributed by atoms with Gasteiger partial charge in [-0.15, -0.1) is 0 Å². The van der Waals surface area contributed by atoms with Gasteiger partial charge in [0, 0.05) is 31.5 Å². The standard InChI is InChI=1S/C15H19NO3/c17-15(18)14-12-7-16(8-13(14)10-19-9-12)6-11-4-2-1-3-5-11/h1-5,12-14H,6-10H2,(H,17,18)/t12-,13-/m0/s1. The molecule has 4 heteroatoms. The zero-order chi connectivity index (χ0) is 13.2. The minimum absolute atomic E-state index is 0.133. The van der Waals surface area contributed by atoms with Crippen molar-refractivity contribution in [3.05, 3.63) is 35.9 Å². The van der Waals surface area contributed by atoms with Crippen molar-refractivity contribution in [3.8, 4) is 0 Å². The van der Waals surface area contributed by atoms with Gasteiger partial charge in [-0.05, 0) is 5.56 Å². The van der Waals surface area contributed by atoms with E-state index in [9.17, 15) is 9.90 Å². The third kappa shape index (κ3) is 2.65. The van der Waals surface area contributed by atoms with Crippen LogP contribution in [0.1, 0.15) is 5.56 Å². The van der Waals surface area contributed by atoms with Crippen LogP contribution in [0.15, 0.2) is 30.3 Å². The monoisotopic (exact) mass is 261 g/mol. The van der Waals surface area contributed by atoms with E-state index in [4.69, 9.17) is 4.74 Å². The van der Waals surface area contributed by atoms with Crippen LogP contribution in [-0.2, 0) is 16.1 Å². The summed E-state index contributed by atoms with van der Waals surface area (Å²) in [4.78, 5) is 13.7. The number of carboxylic acids is 1. The summed E-state index contributed by atoms with van der Waals surface area (Å²) in [5, 5.41) is 9.35. The second-order valence-electron chi connectivity index (χ2n) is 5.60. The third-order valence-electron chi connectivity index (χ3n) is 4.20. The van der Waals surface area contributed by atoms with Crippen molar-refractivity contribution >= 4 is 5.97 Å². The molecule has 2 heterocycles. The summed E-state index contributed by atoms with van der Waals surface area (Å²) >= 11 is 0. The third-order valence-corrected chi connectivity index (χ3v) is 4.20. The molecule has 0 radical (unpaired) electrons. The quantitative estimate of drug-likeness (QED) is 0.895. The molecule has 0 unspecified atom stereocenters. The van der Waals surface area contributed by atoms with E-state index in [0.717, 1.165) is 19.6 Å². The molecule has 0 spiro atoms. The summed E-state index contributed by atoms with van der Waals surface area (Å²) in [6.45, 7) is 3.71. The first kappa shape index (κ1) is 12.6. The second-order valence-corrected chi connectivity index (χ2v) is 5.60. The summed E-state index contributed by atoms with van der Waals surface area (Å²) < 4.78 is 5.53. The van der Waals surface area contributed by atoms with Crippen molar-refractivity contribution in [2.24, 2.45) is 17.8 Å². The highest BCUT2D eigenvalue weighted by molar-refractivity contribution is 5.71. The number of ether oxygens (including phenoxy) is 1. The molecule has 2 atom stereocenters. The highest BCUT2D eigenvalue weighted by Crippen LogP contribution is 2.34.